The third-order valence-electron chi connectivity index (χ3n) is 2.63. The summed E-state index contributed by atoms with van der Waals surface area (Å²) in [6, 6.07) is 5.21. The summed E-state index contributed by atoms with van der Waals surface area (Å²) in [6.07, 6.45) is 0. The van der Waals surface area contributed by atoms with Crippen LogP contribution in [0.25, 0.3) is 10.6 Å². The van der Waals surface area contributed by atoms with Gasteiger partial charge in [0.25, 0.3) is 5.91 Å². The first-order chi connectivity index (χ1) is 10.2. The molecular formula is C13H17Cl2N3O3S. The highest BCUT2D eigenvalue weighted by molar-refractivity contribution is 7.19. The molecule has 2 heterocycles. The molecule has 9 heteroatoms. The first kappa shape index (κ1) is 18.9. The van der Waals surface area contributed by atoms with E-state index in [1.54, 1.807) is 19.2 Å². The average Bonchev–Trinajstić information content (AvgIpc) is 3.11. The van der Waals surface area contributed by atoms with Crippen molar-refractivity contribution in [2.24, 2.45) is 0 Å². The molecule has 0 saturated heterocycles. The van der Waals surface area contributed by atoms with E-state index in [4.69, 9.17) is 20.9 Å². The second-order valence-corrected chi connectivity index (χ2v) is 5.89. The third kappa shape index (κ3) is 5.58. The summed E-state index contributed by atoms with van der Waals surface area (Å²) in [5.41, 5.74) is 0.256. The van der Waals surface area contributed by atoms with Crippen molar-refractivity contribution >= 4 is 41.3 Å². The molecule has 0 saturated carbocycles. The van der Waals surface area contributed by atoms with Gasteiger partial charge in [0.05, 0.1) is 15.8 Å². The fourth-order valence-corrected chi connectivity index (χ4v) is 2.59. The van der Waals surface area contributed by atoms with Crippen LogP contribution in [0.15, 0.2) is 22.7 Å². The molecule has 122 valence electrons. The second-order valence-electron chi connectivity index (χ2n) is 4.18. The lowest BCUT2D eigenvalue weighted by Gasteiger charge is -2.04. The average molecular weight is 366 g/mol. The lowest BCUT2D eigenvalue weighted by molar-refractivity contribution is 0.0944. The summed E-state index contributed by atoms with van der Waals surface area (Å²) >= 11 is 7.23. The van der Waals surface area contributed by atoms with Crippen molar-refractivity contribution in [1.29, 1.82) is 0 Å². The Morgan fingerprint density at radius 2 is 2.23 bits per heavy atom. The normalized spacial score (nSPS) is 10.3. The molecule has 2 aromatic heterocycles. The van der Waals surface area contributed by atoms with Crippen LogP contribution in [0.1, 0.15) is 10.5 Å². The highest BCUT2D eigenvalue weighted by Crippen LogP contribution is 2.31. The fourth-order valence-electron chi connectivity index (χ4n) is 1.60. The number of amides is 1. The molecule has 0 radical (unpaired) electrons. The van der Waals surface area contributed by atoms with E-state index >= 15 is 0 Å². The van der Waals surface area contributed by atoms with E-state index in [0.29, 0.717) is 29.8 Å². The Morgan fingerprint density at radius 3 is 2.91 bits per heavy atom. The zero-order valence-electron chi connectivity index (χ0n) is 11.9. The molecule has 0 fully saturated rings. The third-order valence-corrected chi connectivity index (χ3v) is 3.87. The van der Waals surface area contributed by atoms with Crippen LogP contribution in [-0.2, 0) is 4.74 Å². The molecule has 0 unspecified atom stereocenters. The molecule has 0 aliphatic carbocycles. The summed E-state index contributed by atoms with van der Waals surface area (Å²) in [4.78, 5) is 12.7. The van der Waals surface area contributed by atoms with E-state index in [0.717, 1.165) is 11.4 Å². The van der Waals surface area contributed by atoms with Gasteiger partial charge in [-0.15, -0.1) is 23.7 Å². The number of nitrogens with zero attached hydrogens (tertiary/aromatic N) is 1. The van der Waals surface area contributed by atoms with Gasteiger partial charge in [0.2, 0.25) is 0 Å². The predicted molar refractivity (Wildman–Crippen MR) is 89.2 cm³/mol. The molecular weight excluding hydrogens is 349 g/mol. The van der Waals surface area contributed by atoms with Crippen LogP contribution in [0, 0.1) is 0 Å². The first-order valence-corrected chi connectivity index (χ1v) is 7.60. The van der Waals surface area contributed by atoms with Gasteiger partial charge in [0.15, 0.2) is 11.5 Å². The van der Waals surface area contributed by atoms with Gasteiger partial charge in [-0.25, -0.2) is 0 Å². The van der Waals surface area contributed by atoms with Crippen molar-refractivity contribution in [2.45, 2.75) is 0 Å². The summed E-state index contributed by atoms with van der Waals surface area (Å²) < 4.78 is 10.7. The molecule has 2 rings (SSSR count). The van der Waals surface area contributed by atoms with Crippen molar-refractivity contribution in [3.05, 3.63) is 28.2 Å². The molecule has 0 aliphatic heterocycles. The number of aromatic nitrogens is 1. The topological polar surface area (TPSA) is 76.4 Å². The van der Waals surface area contributed by atoms with Gasteiger partial charge >= 0.3 is 0 Å². The molecule has 0 aliphatic rings. The van der Waals surface area contributed by atoms with E-state index < -0.39 is 0 Å². The molecule has 0 bridgehead atoms. The molecule has 2 aromatic rings. The lowest BCUT2D eigenvalue weighted by Crippen LogP contribution is -2.33. The molecule has 22 heavy (non-hydrogen) atoms. The van der Waals surface area contributed by atoms with Crippen LogP contribution in [0.3, 0.4) is 0 Å². The van der Waals surface area contributed by atoms with Crippen molar-refractivity contribution < 1.29 is 14.1 Å². The number of carbonyl (C=O) groups is 1. The largest absolute Gasteiger partial charge is 0.383 e. The maximum absolute atomic E-state index is 11.9. The number of methoxy groups -OCH3 is 1. The van der Waals surface area contributed by atoms with E-state index in [1.807, 2.05) is 6.07 Å². The van der Waals surface area contributed by atoms with Gasteiger partial charge in [-0.2, -0.15) is 0 Å². The fraction of sp³-hybridized carbons (Fsp3) is 0.385. The number of nitrogens with one attached hydrogen (secondary N) is 2. The zero-order chi connectivity index (χ0) is 15.1. The minimum atomic E-state index is -0.263. The number of thiophene rings is 1. The van der Waals surface area contributed by atoms with Crippen LogP contribution in [0.5, 0.6) is 0 Å². The summed E-state index contributed by atoms with van der Waals surface area (Å²) in [5, 5.41) is 9.66. The van der Waals surface area contributed by atoms with Crippen molar-refractivity contribution in [1.82, 2.24) is 15.8 Å². The van der Waals surface area contributed by atoms with Crippen LogP contribution in [-0.4, -0.2) is 44.4 Å². The quantitative estimate of drug-likeness (QED) is 0.702. The summed E-state index contributed by atoms with van der Waals surface area (Å²) in [6.45, 7) is 2.57. The molecule has 6 nitrogen and oxygen atoms in total. The standard InChI is InChI=1S/C13H16ClN3O3S.ClH/c1-19-7-6-15-4-5-16-13(18)9-8-10(20-17-9)11-2-3-12(14)21-11;/h2-3,8,15H,4-7H2,1H3,(H,16,18);1H. The van der Waals surface area contributed by atoms with Gasteiger partial charge in [-0.05, 0) is 12.1 Å². The van der Waals surface area contributed by atoms with E-state index in [-0.39, 0.29) is 24.0 Å². The number of carbonyl (C=O) groups excluding carboxylic acids is 1. The first-order valence-electron chi connectivity index (χ1n) is 6.41. The number of halogens is 2. The predicted octanol–water partition coefficient (Wildman–Crippen LogP) is 2.44. The van der Waals surface area contributed by atoms with Gasteiger partial charge in [-0.3, -0.25) is 4.79 Å². The Hall–Kier alpha value is -1.12. The zero-order valence-corrected chi connectivity index (χ0v) is 14.3. The summed E-state index contributed by atoms with van der Waals surface area (Å²) in [7, 11) is 1.65. The van der Waals surface area contributed by atoms with Crippen LogP contribution < -0.4 is 10.6 Å². The highest BCUT2D eigenvalue weighted by Gasteiger charge is 2.14. The Kier molecular flexibility index (Phi) is 8.44. The van der Waals surface area contributed by atoms with Gasteiger partial charge in [-0.1, -0.05) is 16.8 Å². The number of hydrogen-bond donors (Lipinski definition) is 2. The van der Waals surface area contributed by atoms with Gasteiger partial charge in [0, 0.05) is 32.8 Å². The van der Waals surface area contributed by atoms with Crippen LogP contribution >= 0.6 is 35.3 Å². The number of ether oxygens (including phenoxy) is 1. The molecule has 0 spiro atoms. The smallest absolute Gasteiger partial charge is 0.273 e. The molecule has 1 amide bonds. The minimum absolute atomic E-state index is 0. The van der Waals surface area contributed by atoms with E-state index in [2.05, 4.69) is 15.8 Å². The van der Waals surface area contributed by atoms with Crippen LogP contribution in [0.2, 0.25) is 4.34 Å². The molecule has 0 atom stereocenters. The monoisotopic (exact) mass is 365 g/mol. The Labute approximate surface area is 143 Å². The second kappa shape index (κ2) is 9.81. The van der Waals surface area contributed by atoms with E-state index in [1.165, 1.54) is 11.3 Å². The maximum atomic E-state index is 11.9. The van der Waals surface area contributed by atoms with Gasteiger partial charge < -0.3 is 19.9 Å². The van der Waals surface area contributed by atoms with Crippen molar-refractivity contribution in [3.63, 3.8) is 0 Å². The van der Waals surface area contributed by atoms with Crippen molar-refractivity contribution in [3.8, 4) is 10.6 Å². The lowest BCUT2D eigenvalue weighted by atomic mass is 10.3. The maximum Gasteiger partial charge on any atom is 0.273 e. The highest BCUT2D eigenvalue weighted by atomic mass is 35.5. The Bertz CT molecular complexity index is 589. The Balaban J connectivity index is 0.00000242. The minimum Gasteiger partial charge on any atom is -0.383 e. The van der Waals surface area contributed by atoms with Crippen molar-refractivity contribution in [2.75, 3.05) is 33.4 Å². The van der Waals surface area contributed by atoms with Gasteiger partial charge in [0.1, 0.15) is 0 Å². The molecule has 2 N–H and O–H groups in total. The van der Waals surface area contributed by atoms with E-state index in [9.17, 15) is 4.79 Å². The number of hydrogen-bond acceptors (Lipinski definition) is 6. The molecule has 0 aromatic carbocycles. The Morgan fingerprint density at radius 1 is 1.41 bits per heavy atom. The SMILES string of the molecule is COCCNCCNC(=O)c1cc(-c2ccc(Cl)s2)on1.Cl. The van der Waals surface area contributed by atoms with Crippen LogP contribution in [0.4, 0.5) is 0 Å². The summed E-state index contributed by atoms with van der Waals surface area (Å²) in [5.74, 6) is 0.275. The number of rotatable bonds is 8.